The molecule has 1 unspecified atom stereocenters. The molecule has 7 heteroatoms. The molecule has 0 bridgehead atoms. The molecule has 1 atom stereocenters. The Balaban J connectivity index is 3.16. The molecule has 0 spiro atoms. The number of alkyl halides is 3. The average molecular weight is 263 g/mol. The van der Waals surface area contributed by atoms with Gasteiger partial charge in [0.05, 0.1) is 0 Å². The van der Waals surface area contributed by atoms with Crippen LogP contribution in [-0.2, 0) is 9.59 Å². The third-order valence-electron chi connectivity index (χ3n) is 3.02. The largest absolute Gasteiger partial charge is 0.479 e. The smallest absolute Gasteiger partial charge is 0.471 e. The number of carboxylic acid groups (broad SMARTS) is 1. The lowest BCUT2D eigenvalue weighted by molar-refractivity contribution is -0.197. The monoisotopic (exact) mass is 263 g/mol. The molecule has 4 nitrogen and oxygen atoms in total. The molecule has 1 saturated heterocycles. The van der Waals surface area contributed by atoms with E-state index in [9.17, 15) is 22.8 Å². The van der Waals surface area contributed by atoms with Crippen molar-refractivity contribution in [1.82, 2.24) is 4.90 Å². The van der Waals surface area contributed by atoms with Gasteiger partial charge in [-0.1, -0.05) is 0 Å². The number of likely N-dealkylation sites (tertiary alicyclic amines) is 1. The zero-order valence-corrected chi connectivity index (χ0v) is 9.46. The third kappa shape index (κ3) is 2.42. The lowest BCUT2D eigenvalue weighted by Crippen LogP contribution is -2.61. The Labute approximate surface area is 102 Å². The van der Waals surface area contributed by atoms with E-state index < -0.39 is 30.0 Å². The van der Waals surface area contributed by atoms with Crippen molar-refractivity contribution >= 4 is 11.9 Å². The SMILES string of the molecule is C#CCC1(C(=O)O)CCCCN1C(=O)C(F)(F)F. The molecule has 100 valence electrons. The average Bonchev–Trinajstić information content (AvgIpc) is 2.27. The number of carbonyl (C=O) groups is 2. The molecular weight excluding hydrogens is 251 g/mol. The lowest BCUT2D eigenvalue weighted by Gasteiger charge is -2.43. The first kappa shape index (κ1) is 14.4. The van der Waals surface area contributed by atoms with Gasteiger partial charge in [-0.2, -0.15) is 13.2 Å². The highest BCUT2D eigenvalue weighted by molar-refractivity contribution is 5.90. The molecule has 1 heterocycles. The molecular formula is C11H12F3NO3. The summed E-state index contributed by atoms with van der Waals surface area (Å²) >= 11 is 0. The summed E-state index contributed by atoms with van der Waals surface area (Å²) in [6.07, 6.45) is 0.204. The molecule has 1 fully saturated rings. The van der Waals surface area contributed by atoms with E-state index in [2.05, 4.69) is 5.92 Å². The van der Waals surface area contributed by atoms with Crippen LogP contribution in [0.15, 0.2) is 0 Å². The number of hydrogen-bond donors (Lipinski definition) is 1. The molecule has 1 aliphatic heterocycles. The Morgan fingerprint density at radius 1 is 1.39 bits per heavy atom. The molecule has 0 saturated carbocycles. The van der Waals surface area contributed by atoms with Crippen LogP contribution in [0, 0.1) is 12.3 Å². The first-order valence-electron chi connectivity index (χ1n) is 5.31. The molecule has 0 radical (unpaired) electrons. The zero-order valence-electron chi connectivity index (χ0n) is 9.46. The van der Waals surface area contributed by atoms with Gasteiger partial charge < -0.3 is 10.0 Å². The number of carboxylic acids is 1. The van der Waals surface area contributed by atoms with E-state index >= 15 is 0 Å². The maximum atomic E-state index is 12.4. The summed E-state index contributed by atoms with van der Waals surface area (Å²) in [4.78, 5) is 22.9. The summed E-state index contributed by atoms with van der Waals surface area (Å²) in [5.41, 5.74) is -1.93. The number of halogens is 3. The van der Waals surface area contributed by atoms with Gasteiger partial charge in [-0.3, -0.25) is 4.79 Å². The number of carbonyl (C=O) groups excluding carboxylic acids is 1. The Morgan fingerprint density at radius 2 is 2.00 bits per heavy atom. The standard InChI is InChI=1S/C11H12F3NO3/c1-2-5-10(9(17)18)6-3-4-7-15(10)8(16)11(12,13)14/h1H,3-7H2,(H,17,18). The molecule has 0 aliphatic carbocycles. The quantitative estimate of drug-likeness (QED) is 0.766. The topological polar surface area (TPSA) is 57.6 Å². The molecule has 0 aromatic heterocycles. The lowest BCUT2D eigenvalue weighted by atomic mass is 9.83. The fourth-order valence-corrected chi connectivity index (χ4v) is 2.14. The van der Waals surface area contributed by atoms with Gasteiger partial charge in [0.2, 0.25) is 0 Å². The summed E-state index contributed by atoms with van der Waals surface area (Å²) in [6, 6.07) is 0. The highest BCUT2D eigenvalue weighted by Crippen LogP contribution is 2.34. The van der Waals surface area contributed by atoms with Gasteiger partial charge in [0.1, 0.15) is 0 Å². The van der Waals surface area contributed by atoms with Crippen LogP contribution >= 0.6 is 0 Å². The number of amides is 1. The predicted octanol–water partition coefficient (Wildman–Crippen LogP) is 1.41. The van der Waals surface area contributed by atoms with Crippen LogP contribution in [0.25, 0.3) is 0 Å². The number of rotatable bonds is 2. The summed E-state index contributed by atoms with van der Waals surface area (Å²) in [5, 5.41) is 9.15. The molecule has 1 N–H and O–H groups in total. The van der Waals surface area contributed by atoms with Crippen LogP contribution in [0.5, 0.6) is 0 Å². The van der Waals surface area contributed by atoms with Crippen LogP contribution in [0.3, 0.4) is 0 Å². The maximum absolute atomic E-state index is 12.4. The van der Waals surface area contributed by atoms with Gasteiger partial charge in [-0.15, -0.1) is 12.3 Å². The van der Waals surface area contributed by atoms with Crippen LogP contribution < -0.4 is 0 Å². The van der Waals surface area contributed by atoms with Crippen molar-refractivity contribution in [2.45, 2.75) is 37.4 Å². The second kappa shape index (κ2) is 4.88. The second-order valence-corrected chi connectivity index (χ2v) is 4.13. The Kier molecular flexibility index (Phi) is 3.89. The van der Waals surface area contributed by atoms with Crippen molar-refractivity contribution in [1.29, 1.82) is 0 Å². The summed E-state index contributed by atoms with van der Waals surface area (Å²) in [7, 11) is 0. The minimum absolute atomic E-state index is 0.0612. The maximum Gasteiger partial charge on any atom is 0.471 e. The van der Waals surface area contributed by atoms with Gasteiger partial charge in [-0.05, 0) is 19.3 Å². The Bertz CT molecular complexity index is 399. The van der Waals surface area contributed by atoms with Crippen LogP contribution in [0.2, 0.25) is 0 Å². The van der Waals surface area contributed by atoms with E-state index in [1.807, 2.05) is 0 Å². The third-order valence-corrected chi connectivity index (χ3v) is 3.02. The second-order valence-electron chi connectivity index (χ2n) is 4.13. The van der Waals surface area contributed by atoms with Crippen LogP contribution in [0.4, 0.5) is 13.2 Å². The minimum Gasteiger partial charge on any atom is -0.479 e. The summed E-state index contributed by atoms with van der Waals surface area (Å²) in [5.74, 6) is -1.57. The van der Waals surface area contributed by atoms with Gasteiger partial charge in [0.15, 0.2) is 5.54 Å². The fraction of sp³-hybridized carbons (Fsp3) is 0.636. The van der Waals surface area contributed by atoms with Gasteiger partial charge in [0, 0.05) is 13.0 Å². The number of piperidine rings is 1. The summed E-state index contributed by atoms with van der Waals surface area (Å²) in [6.45, 7) is -0.244. The number of hydrogen-bond acceptors (Lipinski definition) is 2. The van der Waals surface area contributed by atoms with Crippen molar-refractivity contribution < 1.29 is 27.9 Å². The van der Waals surface area contributed by atoms with Crippen LogP contribution in [0.1, 0.15) is 25.7 Å². The molecule has 0 aromatic carbocycles. The van der Waals surface area contributed by atoms with Crippen molar-refractivity contribution in [3.05, 3.63) is 0 Å². The first-order chi connectivity index (χ1) is 8.25. The van der Waals surface area contributed by atoms with Crippen LogP contribution in [-0.4, -0.2) is 40.1 Å². The van der Waals surface area contributed by atoms with E-state index in [1.165, 1.54) is 0 Å². The van der Waals surface area contributed by atoms with E-state index in [-0.39, 0.29) is 13.0 Å². The minimum atomic E-state index is -5.09. The molecule has 1 aliphatic rings. The van der Waals surface area contributed by atoms with E-state index in [0.29, 0.717) is 17.7 Å². The van der Waals surface area contributed by atoms with Crippen molar-refractivity contribution in [3.8, 4) is 12.3 Å². The first-order valence-corrected chi connectivity index (χ1v) is 5.31. The molecule has 1 rings (SSSR count). The van der Waals surface area contributed by atoms with E-state index in [0.717, 1.165) is 0 Å². The fourth-order valence-electron chi connectivity index (χ4n) is 2.14. The Hall–Kier alpha value is -1.71. The highest BCUT2D eigenvalue weighted by atomic mass is 19.4. The Morgan fingerprint density at radius 3 is 2.44 bits per heavy atom. The van der Waals surface area contributed by atoms with E-state index in [1.54, 1.807) is 0 Å². The summed E-state index contributed by atoms with van der Waals surface area (Å²) < 4.78 is 37.3. The number of nitrogens with zero attached hydrogens (tertiary/aromatic N) is 1. The van der Waals surface area contributed by atoms with Gasteiger partial charge in [0.25, 0.3) is 0 Å². The molecule has 18 heavy (non-hydrogen) atoms. The van der Waals surface area contributed by atoms with Gasteiger partial charge >= 0.3 is 18.1 Å². The normalized spacial score (nSPS) is 24.4. The number of aliphatic carboxylic acids is 1. The molecule has 0 aromatic rings. The van der Waals surface area contributed by atoms with E-state index in [4.69, 9.17) is 11.5 Å². The highest BCUT2D eigenvalue weighted by Gasteiger charge is 2.54. The van der Waals surface area contributed by atoms with Gasteiger partial charge in [-0.25, -0.2) is 4.79 Å². The van der Waals surface area contributed by atoms with Crippen molar-refractivity contribution in [2.75, 3.05) is 6.54 Å². The molecule has 1 amide bonds. The van der Waals surface area contributed by atoms with Crippen molar-refractivity contribution in [2.24, 2.45) is 0 Å². The number of terminal acetylenes is 1. The zero-order chi connectivity index (χ0) is 14.0. The van der Waals surface area contributed by atoms with Crippen molar-refractivity contribution in [3.63, 3.8) is 0 Å². The predicted molar refractivity (Wildman–Crippen MR) is 55.4 cm³/mol.